The first-order valence-corrected chi connectivity index (χ1v) is 6.56. The van der Waals surface area contributed by atoms with Crippen LogP contribution in [0.1, 0.15) is 15.9 Å². The Labute approximate surface area is 134 Å². The summed E-state index contributed by atoms with van der Waals surface area (Å²) >= 11 is 5.80. The Hall–Kier alpha value is -2.41. The lowest BCUT2D eigenvalue weighted by molar-refractivity contribution is -0.137. The molecule has 0 aromatic heterocycles. The highest BCUT2D eigenvalue weighted by Crippen LogP contribution is 2.38. The van der Waals surface area contributed by atoms with Crippen LogP contribution in [0.5, 0.6) is 17.2 Å². The molecule has 0 bridgehead atoms. The van der Waals surface area contributed by atoms with Crippen LogP contribution >= 0.6 is 11.6 Å². The van der Waals surface area contributed by atoms with Crippen molar-refractivity contribution in [2.24, 2.45) is 0 Å². The number of carboxylic acids is 1. The number of hydrogen-bond donors (Lipinski definition) is 1. The van der Waals surface area contributed by atoms with Gasteiger partial charge in [0.15, 0.2) is 11.5 Å². The van der Waals surface area contributed by atoms with E-state index in [1.807, 2.05) is 0 Å². The molecule has 23 heavy (non-hydrogen) atoms. The van der Waals surface area contributed by atoms with E-state index in [4.69, 9.17) is 26.2 Å². The van der Waals surface area contributed by atoms with Crippen LogP contribution in [0.3, 0.4) is 0 Å². The van der Waals surface area contributed by atoms with Crippen LogP contribution in [0.4, 0.5) is 13.2 Å². The number of methoxy groups -OCH3 is 1. The summed E-state index contributed by atoms with van der Waals surface area (Å²) in [6, 6.07) is 6.49. The van der Waals surface area contributed by atoms with Gasteiger partial charge in [-0.15, -0.1) is 0 Å². The van der Waals surface area contributed by atoms with Crippen molar-refractivity contribution < 1.29 is 32.5 Å². The number of carbonyl (C=O) groups is 1. The van der Waals surface area contributed by atoms with Gasteiger partial charge >= 0.3 is 12.1 Å². The Morgan fingerprint density at radius 2 is 1.74 bits per heavy atom. The van der Waals surface area contributed by atoms with Crippen molar-refractivity contribution in [1.29, 1.82) is 0 Å². The molecule has 0 amide bonds. The molecule has 0 fully saturated rings. The number of halogens is 4. The molecule has 0 saturated heterocycles. The number of aromatic carboxylic acids is 1. The average Bonchev–Trinajstić information content (AvgIpc) is 2.48. The summed E-state index contributed by atoms with van der Waals surface area (Å²) < 4.78 is 48.2. The van der Waals surface area contributed by atoms with Gasteiger partial charge in [-0.1, -0.05) is 11.6 Å². The second-order valence-corrected chi connectivity index (χ2v) is 4.82. The van der Waals surface area contributed by atoms with Gasteiger partial charge in [0.05, 0.1) is 23.3 Å². The van der Waals surface area contributed by atoms with Gasteiger partial charge in [0.2, 0.25) is 0 Å². The predicted octanol–water partition coefficient (Wildman–Crippen LogP) is 4.86. The summed E-state index contributed by atoms with van der Waals surface area (Å²) in [4.78, 5) is 10.9. The Balaban J connectivity index is 2.34. The quantitative estimate of drug-likeness (QED) is 0.859. The molecule has 0 atom stereocenters. The minimum atomic E-state index is -4.51. The average molecular weight is 347 g/mol. The van der Waals surface area contributed by atoms with E-state index in [-0.39, 0.29) is 27.8 Å². The van der Waals surface area contributed by atoms with Crippen molar-refractivity contribution in [3.63, 3.8) is 0 Å². The van der Waals surface area contributed by atoms with Crippen molar-refractivity contribution in [3.8, 4) is 17.2 Å². The summed E-state index contributed by atoms with van der Waals surface area (Å²) in [5, 5.41) is 8.68. The van der Waals surface area contributed by atoms with Crippen LogP contribution in [-0.2, 0) is 6.18 Å². The zero-order valence-corrected chi connectivity index (χ0v) is 12.4. The van der Waals surface area contributed by atoms with E-state index in [2.05, 4.69) is 0 Å². The van der Waals surface area contributed by atoms with E-state index >= 15 is 0 Å². The fourth-order valence-electron chi connectivity index (χ4n) is 1.76. The Kier molecular flexibility index (Phi) is 4.70. The topological polar surface area (TPSA) is 55.8 Å². The fraction of sp³-hybridized carbons (Fsp3) is 0.133. The standard InChI is InChI=1S/C15H10ClF3O4/c1-22-13-6-8(14(20)21)2-4-12(13)23-11-5-3-9(7-10(11)16)15(17,18)19/h2-7H,1H3,(H,20,21). The molecule has 2 rings (SSSR count). The van der Waals surface area contributed by atoms with E-state index in [9.17, 15) is 18.0 Å². The number of ether oxygens (including phenoxy) is 2. The largest absolute Gasteiger partial charge is 0.493 e. The maximum Gasteiger partial charge on any atom is 0.416 e. The van der Waals surface area contributed by atoms with Gasteiger partial charge in [-0.05, 0) is 36.4 Å². The highest BCUT2D eigenvalue weighted by Gasteiger charge is 2.31. The van der Waals surface area contributed by atoms with Crippen LogP contribution in [0.25, 0.3) is 0 Å². The van der Waals surface area contributed by atoms with Crippen LogP contribution in [0.15, 0.2) is 36.4 Å². The maximum absolute atomic E-state index is 12.6. The molecule has 8 heteroatoms. The molecular weight excluding hydrogens is 337 g/mol. The SMILES string of the molecule is COc1cc(C(=O)O)ccc1Oc1ccc(C(F)(F)F)cc1Cl. The molecule has 0 heterocycles. The molecule has 2 aromatic rings. The van der Waals surface area contributed by atoms with E-state index < -0.39 is 17.7 Å². The van der Waals surface area contributed by atoms with Crippen LogP contribution < -0.4 is 9.47 Å². The molecule has 0 aliphatic carbocycles. The first kappa shape index (κ1) is 17.0. The second-order valence-electron chi connectivity index (χ2n) is 4.42. The monoisotopic (exact) mass is 346 g/mol. The normalized spacial score (nSPS) is 11.2. The molecule has 0 spiro atoms. The molecule has 122 valence electrons. The van der Waals surface area contributed by atoms with E-state index in [0.717, 1.165) is 18.2 Å². The van der Waals surface area contributed by atoms with E-state index in [1.54, 1.807) is 0 Å². The molecule has 2 aromatic carbocycles. The molecule has 0 aliphatic rings. The van der Waals surface area contributed by atoms with Gasteiger partial charge in [-0.25, -0.2) is 4.79 Å². The minimum absolute atomic E-state index is 0.0129. The third-order valence-electron chi connectivity index (χ3n) is 2.89. The van der Waals surface area contributed by atoms with Crippen molar-refractivity contribution in [2.75, 3.05) is 7.11 Å². The molecule has 0 aliphatic heterocycles. The molecule has 0 radical (unpaired) electrons. The number of alkyl halides is 3. The number of rotatable bonds is 4. The fourth-order valence-corrected chi connectivity index (χ4v) is 1.98. The Bertz CT molecular complexity index is 744. The number of carboxylic acid groups (broad SMARTS) is 1. The van der Waals surface area contributed by atoms with Crippen LogP contribution in [0, 0.1) is 0 Å². The zero-order valence-electron chi connectivity index (χ0n) is 11.6. The lowest BCUT2D eigenvalue weighted by Crippen LogP contribution is -2.04. The molecule has 0 unspecified atom stereocenters. The van der Waals surface area contributed by atoms with Gasteiger partial charge in [0.25, 0.3) is 0 Å². The van der Waals surface area contributed by atoms with Crippen molar-refractivity contribution in [3.05, 3.63) is 52.5 Å². The van der Waals surface area contributed by atoms with Gasteiger partial charge < -0.3 is 14.6 Å². The third kappa shape index (κ3) is 3.87. The first-order valence-electron chi connectivity index (χ1n) is 6.18. The Morgan fingerprint density at radius 3 is 2.26 bits per heavy atom. The number of hydrogen-bond acceptors (Lipinski definition) is 3. The van der Waals surface area contributed by atoms with Crippen LogP contribution in [-0.4, -0.2) is 18.2 Å². The van der Waals surface area contributed by atoms with E-state index in [1.165, 1.54) is 25.3 Å². The van der Waals surface area contributed by atoms with Gasteiger partial charge in [-0.3, -0.25) is 0 Å². The van der Waals surface area contributed by atoms with Gasteiger partial charge in [-0.2, -0.15) is 13.2 Å². The highest BCUT2D eigenvalue weighted by atomic mass is 35.5. The van der Waals surface area contributed by atoms with Crippen LogP contribution in [0.2, 0.25) is 5.02 Å². The van der Waals surface area contributed by atoms with Crippen molar-refractivity contribution in [1.82, 2.24) is 0 Å². The summed E-state index contributed by atoms with van der Waals surface area (Å²) in [5.74, 6) is -0.927. The molecule has 4 nitrogen and oxygen atoms in total. The number of benzene rings is 2. The maximum atomic E-state index is 12.6. The zero-order chi connectivity index (χ0) is 17.2. The summed E-state index contributed by atoms with van der Waals surface area (Å²) in [5.41, 5.74) is -0.921. The highest BCUT2D eigenvalue weighted by molar-refractivity contribution is 6.32. The van der Waals surface area contributed by atoms with Gasteiger partial charge in [0, 0.05) is 0 Å². The first-order chi connectivity index (χ1) is 10.7. The molecular formula is C15H10ClF3O4. The lowest BCUT2D eigenvalue weighted by Gasteiger charge is -2.13. The molecule has 1 N–H and O–H groups in total. The third-order valence-corrected chi connectivity index (χ3v) is 3.19. The van der Waals surface area contributed by atoms with E-state index in [0.29, 0.717) is 0 Å². The summed E-state index contributed by atoms with van der Waals surface area (Å²) in [6.07, 6.45) is -4.51. The molecule has 0 saturated carbocycles. The lowest BCUT2D eigenvalue weighted by atomic mass is 10.2. The summed E-state index contributed by atoms with van der Waals surface area (Å²) in [6.45, 7) is 0. The summed E-state index contributed by atoms with van der Waals surface area (Å²) in [7, 11) is 1.31. The smallest absolute Gasteiger partial charge is 0.416 e. The predicted molar refractivity (Wildman–Crippen MR) is 76.5 cm³/mol. The van der Waals surface area contributed by atoms with Crippen molar-refractivity contribution in [2.45, 2.75) is 6.18 Å². The minimum Gasteiger partial charge on any atom is -0.493 e. The Morgan fingerprint density at radius 1 is 1.09 bits per heavy atom. The van der Waals surface area contributed by atoms with Gasteiger partial charge in [0.1, 0.15) is 5.75 Å². The second kappa shape index (κ2) is 6.37. The van der Waals surface area contributed by atoms with Crippen molar-refractivity contribution >= 4 is 17.6 Å².